The van der Waals surface area contributed by atoms with Crippen molar-refractivity contribution in [2.45, 2.75) is 27.3 Å². The van der Waals surface area contributed by atoms with Gasteiger partial charge in [0, 0.05) is 12.1 Å². The van der Waals surface area contributed by atoms with Gasteiger partial charge in [-0.05, 0) is 31.6 Å². The summed E-state index contributed by atoms with van der Waals surface area (Å²) in [6.45, 7) is 9.58. The molecule has 0 unspecified atom stereocenters. The Balaban J connectivity index is 2.83. The van der Waals surface area contributed by atoms with Gasteiger partial charge in [-0.25, -0.2) is 0 Å². The maximum absolute atomic E-state index is 5.39. The molecule has 0 heterocycles. The first-order valence-electron chi connectivity index (χ1n) is 5.57. The van der Waals surface area contributed by atoms with Crippen LogP contribution < -0.4 is 4.74 Å². The van der Waals surface area contributed by atoms with Gasteiger partial charge in [0.2, 0.25) is 0 Å². The Hall–Kier alpha value is -1.02. The maximum atomic E-state index is 5.39. The van der Waals surface area contributed by atoms with Crippen molar-refractivity contribution in [1.29, 1.82) is 0 Å². The Labute approximate surface area is 92.9 Å². The molecule has 1 aromatic carbocycles. The molecule has 0 saturated carbocycles. The molecule has 0 aliphatic rings. The first-order chi connectivity index (χ1) is 7.21. The topological polar surface area (TPSA) is 12.5 Å². The molecular formula is C13H21NO. The summed E-state index contributed by atoms with van der Waals surface area (Å²) >= 11 is 0. The Bertz CT molecular complexity index is 305. The van der Waals surface area contributed by atoms with Gasteiger partial charge in [0.05, 0.1) is 7.11 Å². The van der Waals surface area contributed by atoms with E-state index in [1.54, 1.807) is 7.11 Å². The molecular weight excluding hydrogens is 186 g/mol. The fraction of sp³-hybridized carbons (Fsp3) is 0.538. The highest BCUT2D eigenvalue weighted by atomic mass is 16.5. The number of hydrogen-bond acceptors (Lipinski definition) is 2. The van der Waals surface area contributed by atoms with E-state index in [4.69, 9.17) is 4.74 Å². The van der Waals surface area contributed by atoms with Gasteiger partial charge in [0.15, 0.2) is 0 Å². The molecule has 2 nitrogen and oxygen atoms in total. The third-order valence-corrected chi connectivity index (χ3v) is 2.73. The van der Waals surface area contributed by atoms with Crippen molar-refractivity contribution in [3.8, 4) is 5.75 Å². The van der Waals surface area contributed by atoms with E-state index in [-0.39, 0.29) is 0 Å². The van der Waals surface area contributed by atoms with Crippen LogP contribution in [0, 0.1) is 6.92 Å². The largest absolute Gasteiger partial charge is 0.496 e. The Morgan fingerprint density at radius 2 is 1.87 bits per heavy atom. The van der Waals surface area contributed by atoms with Crippen molar-refractivity contribution >= 4 is 0 Å². The highest BCUT2D eigenvalue weighted by Gasteiger charge is 2.06. The van der Waals surface area contributed by atoms with E-state index >= 15 is 0 Å². The van der Waals surface area contributed by atoms with Gasteiger partial charge in [0.1, 0.15) is 5.75 Å². The van der Waals surface area contributed by atoms with Crippen molar-refractivity contribution in [2.75, 3.05) is 20.2 Å². The second-order valence-corrected chi connectivity index (χ2v) is 3.78. The highest BCUT2D eigenvalue weighted by Crippen LogP contribution is 2.21. The van der Waals surface area contributed by atoms with Crippen LogP contribution in [0.4, 0.5) is 0 Å². The van der Waals surface area contributed by atoms with Gasteiger partial charge in [-0.2, -0.15) is 0 Å². The predicted molar refractivity (Wildman–Crippen MR) is 64.4 cm³/mol. The zero-order valence-corrected chi connectivity index (χ0v) is 10.2. The van der Waals surface area contributed by atoms with Gasteiger partial charge < -0.3 is 4.74 Å². The van der Waals surface area contributed by atoms with Gasteiger partial charge in [-0.1, -0.05) is 26.0 Å². The summed E-state index contributed by atoms with van der Waals surface area (Å²) in [5, 5.41) is 0. The average molecular weight is 207 g/mol. The summed E-state index contributed by atoms with van der Waals surface area (Å²) in [7, 11) is 1.74. The number of ether oxygens (including phenoxy) is 1. The summed E-state index contributed by atoms with van der Waals surface area (Å²) in [5.74, 6) is 1.00. The maximum Gasteiger partial charge on any atom is 0.123 e. The monoisotopic (exact) mass is 207 g/mol. The zero-order valence-electron chi connectivity index (χ0n) is 10.2. The Morgan fingerprint density at radius 3 is 2.40 bits per heavy atom. The quantitative estimate of drug-likeness (QED) is 0.736. The number of rotatable bonds is 5. The first-order valence-corrected chi connectivity index (χ1v) is 5.57. The molecule has 2 heteroatoms. The number of nitrogens with zero attached hydrogens (tertiary/aromatic N) is 1. The van der Waals surface area contributed by atoms with Crippen molar-refractivity contribution in [3.05, 3.63) is 29.3 Å². The van der Waals surface area contributed by atoms with Crippen molar-refractivity contribution < 1.29 is 4.74 Å². The van der Waals surface area contributed by atoms with Crippen LogP contribution in [0.3, 0.4) is 0 Å². The molecule has 1 aromatic rings. The molecule has 84 valence electrons. The number of hydrogen-bond donors (Lipinski definition) is 0. The molecule has 0 amide bonds. The lowest BCUT2D eigenvalue weighted by atomic mass is 10.1. The lowest BCUT2D eigenvalue weighted by Crippen LogP contribution is -2.22. The summed E-state index contributed by atoms with van der Waals surface area (Å²) in [6.07, 6.45) is 0. The van der Waals surface area contributed by atoms with Gasteiger partial charge in [-0.15, -0.1) is 0 Å². The molecule has 15 heavy (non-hydrogen) atoms. The van der Waals surface area contributed by atoms with E-state index in [0.29, 0.717) is 0 Å². The fourth-order valence-corrected chi connectivity index (χ4v) is 1.67. The van der Waals surface area contributed by atoms with Crippen LogP contribution in [-0.4, -0.2) is 25.1 Å². The summed E-state index contributed by atoms with van der Waals surface area (Å²) in [4.78, 5) is 2.38. The second-order valence-electron chi connectivity index (χ2n) is 3.78. The highest BCUT2D eigenvalue weighted by molar-refractivity contribution is 5.37. The Morgan fingerprint density at radius 1 is 1.20 bits per heavy atom. The minimum absolute atomic E-state index is 0.969. The summed E-state index contributed by atoms with van der Waals surface area (Å²) in [6, 6.07) is 6.40. The number of methoxy groups -OCH3 is 1. The van der Waals surface area contributed by atoms with Crippen LogP contribution >= 0.6 is 0 Å². The standard InChI is InChI=1S/C13H21NO/c1-5-14(6-2)10-12-8-7-11(3)9-13(12)15-4/h7-9H,5-6,10H2,1-4H3. The molecule has 0 saturated heterocycles. The van der Waals surface area contributed by atoms with Crippen LogP contribution in [0.1, 0.15) is 25.0 Å². The van der Waals surface area contributed by atoms with E-state index in [0.717, 1.165) is 25.4 Å². The SMILES string of the molecule is CCN(CC)Cc1ccc(C)cc1OC. The number of aryl methyl sites for hydroxylation is 1. The molecule has 0 radical (unpaired) electrons. The van der Waals surface area contributed by atoms with Gasteiger partial charge in [-0.3, -0.25) is 4.90 Å². The normalized spacial score (nSPS) is 10.7. The third-order valence-electron chi connectivity index (χ3n) is 2.73. The van der Waals surface area contributed by atoms with Crippen LogP contribution in [0.2, 0.25) is 0 Å². The van der Waals surface area contributed by atoms with E-state index in [1.165, 1.54) is 11.1 Å². The molecule has 0 N–H and O–H groups in total. The van der Waals surface area contributed by atoms with Gasteiger partial charge >= 0.3 is 0 Å². The second kappa shape index (κ2) is 5.76. The van der Waals surface area contributed by atoms with E-state index in [2.05, 4.69) is 43.9 Å². The smallest absolute Gasteiger partial charge is 0.123 e. The molecule has 0 aliphatic carbocycles. The van der Waals surface area contributed by atoms with E-state index < -0.39 is 0 Å². The van der Waals surface area contributed by atoms with E-state index in [1.807, 2.05) is 0 Å². The molecule has 0 aromatic heterocycles. The van der Waals surface area contributed by atoms with Crippen molar-refractivity contribution in [2.24, 2.45) is 0 Å². The van der Waals surface area contributed by atoms with Crippen LogP contribution in [0.25, 0.3) is 0 Å². The molecule has 0 spiro atoms. The minimum Gasteiger partial charge on any atom is -0.496 e. The number of benzene rings is 1. The van der Waals surface area contributed by atoms with E-state index in [9.17, 15) is 0 Å². The predicted octanol–water partition coefficient (Wildman–Crippen LogP) is 2.85. The molecule has 0 fully saturated rings. The first kappa shape index (κ1) is 12.1. The third kappa shape index (κ3) is 3.24. The lowest BCUT2D eigenvalue weighted by Gasteiger charge is -2.19. The molecule has 0 atom stereocenters. The van der Waals surface area contributed by atoms with Crippen LogP contribution in [0.15, 0.2) is 18.2 Å². The lowest BCUT2D eigenvalue weighted by molar-refractivity contribution is 0.289. The molecule has 0 aliphatic heterocycles. The fourth-order valence-electron chi connectivity index (χ4n) is 1.67. The van der Waals surface area contributed by atoms with Crippen molar-refractivity contribution in [1.82, 2.24) is 4.90 Å². The minimum atomic E-state index is 0.969. The zero-order chi connectivity index (χ0) is 11.3. The average Bonchev–Trinajstić information content (AvgIpc) is 2.27. The summed E-state index contributed by atoms with van der Waals surface area (Å²) in [5.41, 5.74) is 2.52. The molecule has 0 bridgehead atoms. The summed E-state index contributed by atoms with van der Waals surface area (Å²) < 4.78 is 5.39. The Kier molecular flexibility index (Phi) is 4.63. The van der Waals surface area contributed by atoms with Crippen LogP contribution in [-0.2, 0) is 6.54 Å². The van der Waals surface area contributed by atoms with Crippen molar-refractivity contribution in [3.63, 3.8) is 0 Å². The molecule has 1 rings (SSSR count). The van der Waals surface area contributed by atoms with Gasteiger partial charge in [0.25, 0.3) is 0 Å². The van der Waals surface area contributed by atoms with Crippen LogP contribution in [0.5, 0.6) is 5.75 Å².